The van der Waals surface area contributed by atoms with Gasteiger partial charge in [-0.2, -0.15) is 0 Å². The largest absolute Gasteiger partial charge is 0.466 e. The molecule has 0 fully saturated rings. The monoisotopic (exact) mass is 1280 g/mol. The van der Waals surface area contributed by atoms with Gasteiger partial charge in [0.1, 0.15) is 0 Å². The molecule has 0 saturated carbocycles. The van der Waals surface area contributed by atoms with Crippen molar-refractivity contribution in [2.45, 2.75) is 508 Å². The third-order valence-electron chi connectivity index (χ3n) is 20.3. The number of ether oxygens (including phenoxy) is 1. The Balaban J connectivity index is 3.31. The van der Waals surface area contributed by atoms with Gasteiger partial charge in [-0.1, -0.05) is 463 Å². The maximum Gasteiger partial charge on any atom is 0.305 e. The van der Waals surface area contributed by atoms with Crippen LogP contribution in [-0.4, -0.2) is 47.4 Å². The molecule has 6 nitrogen and oxygen atoms in total. The summed E-state index contributed by atoms with van der Waals surface area (Å²) in [5, 5.41) is 23.3. The highest BCUT2D eigenvalue weighted by molar-refractivity contribution is 5.76. The highest BCUT2D eigenvalue weighted by Crippen LogP contribution is 2.21. The molecular weight excluding hydrogens is 1110 g/mol. The molecule has 0 rings (SSSR count). The number of rotatable bonds is 81. The zero-order valence-corrected chi connectivity index (χ0v) is 62.4. The van der Waals surface area contributed by atoms with Crippen molar-refractivity contribution in [2.75, 3.05) is 13.2 Å². The Morgan fingerprint density at radius 3 is 0.747 bits per heavy atom. The molecule has 542 valence electrons. The number of hydrogen-bond donors (Lipinski definition) is 3. The van der Waals surface area contributed by atoms with Crippen molar-refractivity contribution in [3.8, 4) is 0 Å². The number of esters is 1. The fourth-order valence-electron chi connectivity index (χ4n) is 13.9. The second kappa shape index (κ2) is 81.0. The molecule has 0 spiro atoms. The lowest BCUT2D eigenvalue weighted by atomic mass is 10.0. The van der Waals surface area contributed by atoms with Crippen LogP contribution in [0.4, 0.5) is 0 Å². The molecule has 0 aliphatic rings. The van der Waals surface area contributed by atoms with Crippen molar-refractivity contribution in [3.05, 3.63) is 12.2 Å². The van der Waals surface area contributed by atoms with Gasteiger partial charge in [0.25, 0.3) is 0 Å². The van der Waals surface area contributed by atoms with Crippen molar-refractivity contribution in [1.29, 1.82) is 0 Å². The summed E-state index contributed by atoms with van der Waals surface area (Å²) in [5.74, 6) is -0.0287. The summed E-state index contributed by atoms with van der Waals surface area (Å²) in [7, 11) is 0. The number of carbonyl (C=O) groups excluding carboxylic acids is 2. The fraction of sp³-hybridized carbons (Fsp3) is 0.953. The highest BCUT2D eigenvalue weighted by atomic mass is 16.5. The van der Waals surface area contributed by atoms with Gasteiger partial charge in [0.2, 0.25) is 5.91 Å². The third-order valence-corrected chi connectivity index (χ3v) is 20.3. The molecule has 0 aromatic heterocycles. The fourth-order valence-corrected chi connectivity index (χ4v) is 13.9. The van der Waals surface area contributed by atoms with Gasteiger partial charge in [-0.25, -0.2) is 0 Å². The van der Waals surface area contributed by atoms with Crippen molar-refractivity contribution >= 4 is 11.9 Å². The van der Waals surface area contributed by atoms with E-state index >= 15 is 0 Å². The number of aliphatic hydroxyl groups is 2. The molecule has 3 N–H and O–H groups in total. The van der Waals surface area contributed by atoms with E-state index in [1.54, 1.807) is 6.08 Å². The Morgan fingerprint density at radius 1 is 0.297 bits per heavy atom. The first kappa shape index (κ1) is 89.6. The molecule has 0 heterocycles. The lowest BCUT2D eigenvalue weighted by Crippen LogP contribution is -2.45. The van der Waals surface area contributed by atoms with Crippen LogP contribution >= 0.6 is 0 Å². The van der Waals surface area contributed by atoms with Crippen molar-refractivity contribution in [2.24, 2.45) is 0 Å². The number of unbranched alkanes of at least 4 members (excludes halogenated alkanes) is 70. The highest BCUT2D eigenvalue weighted by Gasteiger charge is 2.18. The van der Waals surface area contributed by atoms with E-state index in [2.05, 4.69) is 19.2 Å². The Kier molecular flexibility index (Phi) is 79.8. The summed E-state index contributed by atoms with van der Waals surface area (Å²) in [6, 6.07) is -0.624. The summed E-state index contributed by atoms with van der Waals surface area (Å²) < 4.78 is 5.52. The summed E-state index contributed by atoms with van der Waals surface area (Å²) in [6.07, 6.45) is 104. The van der Waals surface area contributed by atoms with E-state index < -0.39 is 12.1 Å². The lowest BCUT2D eigenvalue weighted by molar-refractivity contribution is -0.143. The van der Waals surface area contributed by atoms with E-state index in [9.17, 15) is 19.8 Å². The van der Waals surface area contributed by atoms with E-state index in [0.717, 1.165) is 38.5 Å². The number of carbonyl (C=O) groups is 2. The standard InChI is InChI=1S/C85H167NO5/c1-3-5-7-9-11-13-15-17-19-21-22-40-43-46-49-53-57-61-65-69-73-77-83(88)82(81-87)86-84(89)78-74-70-66-62-58-54-50-47-44-41-38-36-34-32-30-28-26-24-23-25-27-29-31-33-35-37-39-42-45-48-52-56-60-64-68-72-76-80-91-85(90)79-75-71-67-63-59-55-51-20-18-16-14-12-10-8-6-4-2/h73,77,82-83,87-88H,3-72,74-76,78-81H2,1-2H3,(H,86,89)/b77-73+. The molecule has 2 atom stereocenters. The van der Waals surface area contributed by atoms with Gasteiger partial charge >= 0.3 is 5.97 Å². The van der Waals surface area contributed by atoms with E-state index in [1.807, 2.05) is 6.08 Å². The first-order valence-electron chi connectivity index (χ1n) is 42.5. The Morgan fingerprint density at radius 2 is 0.505 bits per heavy atom. The second-order valence-corrected chi connectivity index (χ2v) is 29.5. The van der Waals surface area contributed by atoms with Gasteiger partial charge < -0.3 is 20.3 Å². The van der Waals surface area contributed by atoms with Crippen LogP contribution in [0.3, 0.4) is 0 Å². The molecular formula is C85H167NO5. The van der Waals surface area contributed by atoms with Gasteiger partial charge in [-0.15, -0.1) is 0 Å². The van der Waals surface area contributed by atoms with E-state index in [-0.39, 0.29) is 18.5 Å². The topological polar surface area (TPSA) is 95.9 Å². The normalized spacial score (nSPS) is 12.4. The third kappa shape index (κ3) is 77.5. The minimum Gasteiger partial charge on any atom is -0.466 e. The minimum atomic E-state index is -0.841. The van der Waals surface area contributed by atoms with Crippen LogP contribution in [0, 0.1) is 0 Å². The van der Waals surface area contributed by atoms with Crippen LogP contribution in [-0.2, 0) is 14.3 Å². The summed E-state index contributed by atoms with van der Waals surface area (Å²) in [5.41, 5.74) is 0. The molecule has 6 heteroatoms. The smallest absolute Gasteiger partial charge is 0.305 e. The van der Waals surface area contributed by atoms with Crippen LogP contribution in [0.5, 0.6) is 0 Å². The Labute approximate surface area is 571 Å². The Bertz CT molecular complexity index is 1380. The quantitative estimate of drug-likeness (QED) is 0.0320. The van der Waals surface area contributed by atoms with E-state index in [0.29, 0.717) is 19.4 Å². The van der Waals surface area contributed by atoms with Crippen molar-refractivity contribution < 1.29 is 24.5 Å². The summed E-state index contributed by atoms with van der Waals surface area (Å²) >= 11 is 0. The summed E-state index contributed by atoms with van der Waals surface area (Å²) in [6.45, 7) is 4.97. The zero-order valence-electron chi connectivity index (χ0n) is 62.4. The second-order valence-electron chi connectivity index (χ2n) is 29.5. The van der Waals surface area contributed by atoms with Crippen LogP contribution in [0.1, 0.15) is 495 Å². The maximum absolute atomic E-state index is 12.6. The molecule has 0 aliphatic heterocycles. The molecule has 0 aromatic rings. The first-order chi connectivity index (χ1) is 45.0. The Hall–Kier alpha value is -1.40. The van der Waals surface area contributed by atoms with E-state index in [4.69, 9.17) is 4.74 Å². The SMILES string of the molecule is CCCCCCCCCCCCCCCCCCCCC/C=C/C(O)C(CO)NC(=O)CCCCCCCCCCCCCCCCCCCCCCCCCCCCCCCCCCCCCCCOC(=O)CCCCCCCCCCCCCCCCCC. The molecule has 0 aromatic carbocycles. The molecule has 0 aliphatic carbocycles. The predicted molar refractivity (Wildman–Crippen MR) is 403 cm³/mol. The van der Waals surface area contributed by atoms with Gasteiger partial charge in [0.05, 0.1) is 25.4 Å². The van der Waals surface area contributed by atoms with E-state index in [1.165, 1.54) is 430 Å². The van der Waals surface area contributed by atoms with Crippen molar-refractivity contribution in [1.82, 2.24) is 5.32 Å². The van der Waals surface area contributed by atoms with Crippen LogP contribution in [0.15, 0.2) is 12.2 Å². The average molecular weight is 1280 g/mol. The maximum atomic E-state index is 12.6. The van der Waals surface area contributed by atoms with Gasteiger partial charge in [0.15, 0.2) is 0 Å². The first-order valence-corrected chi connectivity index (χ1v) is 42.5. The minimum absolute atomic E-state index is 0.0280. The van der Waals surface area contributed by atoms with Crippen LogP contribution in [0.2, 0.25) is 0 Å². The molecule has 0 saturated heterocycles. The summed E-state index contributed by atoms with van der Waals surface area (Å²) in [4.78, 5) is 24.7. The van der Waals surface area contributed by atoms with Gasteiger partial charge in [-0.3, -0.25) is 9.59 Å². The molecule has 0 bridgehead atoms. The number of aliphatic hydroxyl groups excluding tert-OH is 2. The van der Waals surface area contributed by atoms with Crippen LogP contribution < -0.4 is 5.32 Å². The van der Waals surface area contributed by atoms with Gasteiger partial charge in [-0.05, 0) is 32.1 Å². The molecule has 91 heavy (non-hydrogen) atoms. The lowest BCUT2D eigenvalue weighted by Gasteiger charge is -2.20. The average Bonchev–Trinajstić information content (AvgIpc) is 3.57. The number of amides is 1. The molecule has 1 amide bonds. The molecule has 0 radical (unpaired) electrons. The molecule has 2 unspecified atom stereocenters. The number of allylic oxidation sites excluding steroid dienone is 1. The predicted octanol–water partition coefficient (Wildman–Crippen LogP) is 28.2. The zero-order chi connectivity index (χ0) is 65.6. The van der Waals surface area contributed by atoms with Crippen LogP contribution in [0.25, 0.3) is 0 Å². The van der Waals surface area contributed by atoms with Crippen molar-refractivity contribution in [3.63, 3.8) is 0 Å². The number of nitrogens with one attached hydrogen (secondary N) is 1. The van der Waals surface area contributed by atoms with Gasteiger partial charge in [0, 0.05) is 12.8 Å². The number of hydrogen-bond acceptors (Lipinski definition) is 5.